The van der Waals surface area contributed by atoms with Crippen LogP contribution in [0.3, 0.4) is 0 Å². The third-order valence-corrected chi connectivity index (χ3v) is 11.0. The van der Waals surface area contributed by atoms with E-state index in [4.69, 9.17) is 9.19 Å². The van der Waals surface area contributed by atoms with Crippen molar-refractivity contribution < 1.29 is 18.2 Å². The van der Waals surface area contributed by atoms with Crippen molar-refractivity contribution in [1.29, 1.82) is 0 Å². The molecule has 7 aromatic rings. The molecule has 0 aliphatic rings. The second kappa shape index (κ2) is 13.8. The number of nitrogens with zero attached hydrogens (tertiary/aromatic N) is 3. The summed E-state index contributed by atoms with van der Waals surface area (Å²) in [6.45, 7) is 2.23. The van der Waals surface area contributed by atoms with Crippen LogP contribution in [-0.2, 0) is 18.2 Å². The van der Waals surface area contributed by atoms with Gasteiger partial charge in [-0.25, -0.2) is 0 Å². The van der Waals surface area contributed by atoms with Crippen molar-refractivity contribution in [1.82, 2.24) is 8.97 Å². The van der Waals surface area contributed by atoms with E-state index in [1.165, 1.54) is 44.6 Å². The summed E-state index contributed by atoms with van der Waals surface area (Å²) in [4.78, 5) is 2.17. The Morgan fingerprint density at radius 3 is 1.38 bits per heavy atom. The first kappa shape index (κ1) is 31.2. The number of aryl methyl sites for hydroxylation is 1. The van der Waals surface area contributed by atoms with E-state index in [9.17, 15) is 0 Å². The fourth-order valence-electron chi connectivity index (χ4n) is 6.87. The van der Waals surface area contributed by atoms with Gasteiger partial charge in [-0.1, -0.05) is 0 Å². The first-order valence-electron chi connectivity index (χ1n) is 15.8. The van der Waals surface area contributed by atoms with Crippen molar-refractivity contribution in [3.63, 3.8) is 0 Å². The van der Waals surface area contributed by atoms with Crippen LogP contribution >= 0.6 is 9.19 Å². The predicted octanol–water partition coefficient (Wildman–Crippen LogP) is 10.2. The van der Waals surface area contributed by atoms with Gasteiger partial charge < -0.3 is 0 Å². The molecule has 0 radical (unpaired) electrons. The number of hydrogen-bond donors (Lipinski definition) is 0. The van der Waals surface area contributed by atoms with E-state index in [0.717, 1.165) is 15.0 Å². The van der Waals surface area contributed by atoms with E-state index in [-0.39, 0.29) is 11.8 Å². The monoisotopic (exact) mass is 815 g/mol. The number of aromatic nitrogens is 2. The quantitative estimate of drug-likeness (QED) is 0.110. The predicted molar refractivity (Wildman–Crippen MR) is 193 cm³/mol. The van der Waals surface area contributed by atoms with Gasteiger partial charge in [-0.2, -0.15) is 0 Å². The third-order valence-electron chi connectivity index (χ3n) is 8.83. The van der Waals surface area contributed by atoms with Crippen molar-refractivity contribution in [3.05, 3.63) is 200 Å². The Balaban J connectivity index is 1.66. The second-order valence-electron chi connectivity index (χ2n) is 12.1. The van der Waals surface area contributed by atoms with Crippen LogP contribution in [0.15, 0.2) is 158 Å². The van der Waals surface area contributed by atoms with Gasteiger partial charge in [0.25, 0.3) is 0 Å². The van der Waals surface area contributed by atoms with E-state index < -0.39 is 18.2 Å². The molecule has 0 unspecified atom stereocenters. The van der Waals surface area contributed by atoms with Gasteiger partial charge in [0.1, 0.15) is 0 Å². The maximum atomic E-state index is 7.08. The SMILES string of the molecule is Cc1cc(C(c2ccccc2)c2ccccc2)c(-n2cc3cccc(N(C)C)n3[c]2=[Au-2][Cl])c(C(c2ccccc2)c2ccccc2)c1. The summed E-state index contributed by atoms with van der Waals surface area (Å²) in [5.41, 5.74) is 11.1. The Labute approximate surface area is 290 Å². The Hall–Kier alpha value is -4.38. The number of rotatable bonds is 8. The van der Waals surface area contributed by atoms with Crippen LogP contribution < -0.4 is 4.90 Å². The van der Waals surface area contributed by atoms with Gasteiger partial charge in [-0.05, 0) is 0 Å². The van der Waals surface area contributed by atoms with Gasteiger partial charge in [0, 0.05) is 0 Å². The van der Waals surface area contributed by atoms with Gasteiger partial charge in [-0.3, -0.25) is 0 Å². The van der Waals surface area contributed by atoms with Gasteiger partial charge >= 0.3 is 292 Å². The molecule has 2 heterocycles. The number of benzene rings is 5. The Morgan fingerprint density at radius 2 is 1.00 bits per heavy atom. The first-order chi connectivity index (χ1) is 23.0. The number of halogens is 1. The van der Waals surface area contributed by atoms with Crippen LogP contribution in [0, 0.1) is 10.6 Å². The molecule has 0 amide bonds. The van der Waals surface area contributed by atoms with E-state index in [2.05, 4.69) is 193 Å². The molecule has 2 aromatic heterocycles. The molecule has 0 bridgehead atoms. The molecule has 5 heteroatoms. The summed E-state index contributed by atoms with van der Waals surface area (Å²) in [6, 6.07) is 54.9. The molecule has 0 atom stereocenters. The molecular formula is C42H37AuClN3-2. The van der Waals surface area contributed by atoms with Crippen LogP contribution in [0.25, 0.3) is 11.2 Å². The maximum absolute atomic E-state index is 7.08. The fourth-order valence-corrected chi connectivity index (χ4v) is 9.03. The number of imidazole rings is 1. The molecule has 3 nitrogen and oxygen atoms in total. The molecule has 0 spiro atoms. The second-order valence-corrected chi connectivity index (χ2v) is 14.4. The van der Waals surface area contributed by atoms with Crippen LogP contribution in [0.1, 0.15) is 50.8 Å². The Bertz CT molecular complexity index is 2010. The number of anilines is 1. The fraction of sp³-hybridized carbons (Fsp3) is 0.119. The van der Waals surface area contributed by atoms with Gasteiger partial charge in [0.15, 0.2) is 0 Å². The summed E-state index contributed by atoms with van der Waals surface area (Å²) >= 11 is -0.727. The van der Waals surface area contributed by atoms with Crippen LogP contribution in [0.4, 0.5) is 5.82 Å². The average Bonchev–Trinajstić information content (AvgIpc) is 3.48. The zero-order valence-electron chi connectivity index (χ0n) is 26.7. The molecule has 0 saturated heterocycles. The van der Waals surface area contributed by atoms with Crippen molar-refractivity contribution in [2.75, 3.05) is 19.0 Å². The molecule has 0 fully saturated rings. The Kier molecular flexibility index (Phi) is 9.15. The average molecular weight is 816 g/mol. The van der Waals surface area contributed by atoms with Crippen LogP contribution in [-0.4, -0.2) is 23.1 Å². The number of fused-ring (bicyclic) bond motifs is 1. The summed E-state index contributed by atoms with van der Waals surface area (Å²) in [5, 5.41) is 0. The van der Waals surface area contributed by atoms with Gasteiger partial charge in [-0.15, -0.1) is 0 Å². The minimum atomic E-state index is -0.727. The molecule has 240 valence electrons. The van der Waals surface area contributed by atoms with Crippen LogP contribution in [0.2, 0.25) is 0 Å². The molecule has 7 rings (SSSR count). The summed E-state index contributed by atoms with van der Waals surface area (Å²) in [5.74, 6) is 1.11. The van der Waals surface area contributed by atoms with Crippen LogP contribution in [0.5, 0.6) is 0 Å². The van der Waals surface area contributed by atoms with E-state index >= 15 is 0 Å². The summed E-state index contributed by atoms with van der Waals surface area (Å²) < 4.78 is 5.86. The van der Waals surface area contributed by atoms with E-state index in [1.807, 2.05) is 0 Å². The van der Waals surface area contributed by atoms with Gasteiger partial charge in [0.05, 0.1) is 0 Å². The Morgan fingerprint density at radius 1 is 0.574 bits per heavy atom. The molecule has 0 saturated carbocycles. The third kappa shape index (κ3) is 6.08. The molecule has 0 N–H and O–H groups in total. The van der Waals surface area contributed by atoms with Gasteiger partial charge in [0.2, 0.25) is 0 Å². The minimum absolute atomic E-state index is 0.00178. The van der Waals surface area contributed by atoms with Crippen molar-refractivity contribution in [2.45, 2.75) is 18.8 Å². The van der Waals surface area contributed by atoms with E-state index in [1.54, 1.807) is 0 Å². The number of pyridine rings is 1. The standard InChI is InChI=1S/C42H37N3.Au.ClH/c1-31-27-37(40(32-17-8-4-9-18-32)33-19-10-5-11-20-33)42(44-29-36-25-16-26-39(43(2)3)45(36)30-44)38(28-31)41(34-21-12-6-13-22-34)35-23-14-7-15-24-35;;/h4-29,40-41H,1-3H3;;1H/q;-1;/p-1. The zero-order chi connectivity index (χ0) is 32.3. The molecular weight excluding hydrogens is 779 g/mol. The molecule has 5 aromatic carbocycles. The molecule has 0 aliphatic heterocycles. The van der Waals surface area contributed by atoms with Crippen molar-refractivity contribution in [2.24, 2.45) is 0 Å². The summed E-state index contributed by atoms with van der Waals surface area (Å²) in [7, 11) is 11.3. The first-order valence-corrected chi connectivity index (χ1v) is 19.6. The topological polar surface area (TPSA) is 12.6 Å². The zero-order valence-corrected chi connectivity index (χ0v) is 29.6. The van der Waals surface area contributed by atoms with Crippen molar-refractivity contribution >= 4 is 20.5 Å². The van der Waals surface area contributed by atoms with Crippen molar-refractivity contribution in [3.8, 4) is 5.69 Å². The molecule has 47 heavy (non-hydrogen) atoms. The normalized spacial score (nSPS) is 12.3. The number of hydrogen-bond acceptors (Lipinski definition) is 1. The van der Waals surface area contributed by atoms with E-state index in [0.29, 0.717) is 0 Å². The molecule has 0 aliphatic carbocycles. The summed E-state index contributed by atoms with van der Waals surface area (Å²) in [6.07, 6.45) is 2.29.